The summed E-state index contributed by atoms with van der Waals surface area (Å²) in [6, 6.07) is 17.5. The number of hydrogen-bond acceptors (Lipinski definition) is 5. The molecule has 4 bridgehead atoms. The van der Waals surface area contributed by atoms with Crippen LogP contribution in [0.4, 0.5) is 17.3 Å². The predicted molar refractivity (Wildman–Crippen MR) is 133 cm³/mol. The van der Waals surface area contributed by atoms with E-state index in [2.05, 4.69) is 20.6 Å². The number of ether oxygens (including phenoxy) is 1. The Labute approximate surface area is 200 Å². The second-order valence-corrected chi connectivity index (χ2v) is 10.3. The van der Waals surface area contributed by atoms with Gasteiger partial charge in [-0.05, 0) is 98.7 Å². The zero-order valence-electron chi connectivity index (χ0n) is 19.5. The van der Waals surface area contributed by atoms with Crippen LogP contribution in [0.5, 0.6) is 5.75 Å². The molecule has 4 aliphatic rings. The molecule has 4 fully saturated rings. The van der Waals surface area contributed by atoms with Gasteiger partial charge in [-0.2, -0.15) is 0 Å². The van der Waals surface area contributed by atoms with Crippen molar-refractivity contribution in [2.75, 3.05) is 17.7 Å². The molecule has 2 aromatic carbocycles. The third-order valence-corrected chi connectivity index (χ3v) is 7.96. The van der Waals surface area contributed by atoms with Crippen LogP contribution in [0.3, 0.4) is 0 Å². The summed E-state index contributed by atoms with van der Waals surface area (Å²) in [5.41, 5.74) is 3.27. The maximum atomic E-state index is 13.3. The smallest absolute Gasteiger partial charge is 0.230 e. The maximum absolute atomic E-state index is 13.3. The van der Waals surface area contributed by atoms with Crippen molar-refractivity contribution < 1.29 is 9.53 Å². The van der Waals surface area contributed by atoms with Gasteiger partial charge in [-0.1, -0.05) is 12.1 Å². The van der Waals surface area contributed by atoms with Crippen LogP contribution in [0.2, 0.25) is 0 Å². The summed E-state index contributed by atoms with van der Waals surface area (Å²) < 4.78 is 5.46. The topological polar surface area (TPSA) is 76.1 Å². The van der Waals surface area contributed by atoms with Crippen molar-refractivity contribution in [3.8, 4) is 17.0 Å². The fraction of sp³-hybridized carbons (Fsp3) is 0.393. The van der Waals surface area contributed by atoms with E-state index in [9.17, 15) is 4.79 Å². The Balaban J connectivity index is 1.14. The number of hydrogen-bond donors (Lipinski definition) is 2. The van der Waals surface area contributed by atoms with Gasteiger partial charge < -0.3 is 15.4 Å². The third kappa shape index (κ3) is 3.91. The molecule has 34 heavy (non-hydrogen) atoms. The summed E-state index contributed by atoms with van der Waals surface area (Å²) in [7, 11) is 1.66. The van der Waals surface area contributed by atoms with Gasteiger partial charge in [0.25, 0.3) is 0 Å². The lowest BCUT2D eigenvalue weighted by molar-refractivity contribution is -0.140. The monoisotopic (exact) mass is 454 g/mol. The highest BCUT2D eigenvalue weighted by Crippen LogP contribution is 2.60. The van der Waals surface area contributed by atoms with E-state index >= 15 is 0 Å². The highest BCUT2D eigenvalue weighted by molar-refractivity contribution is 5.95. The summed E-state index contributed by atoms with van der Waals surface area (Å²) in [4.78, 5) is 22.3. The Morgan fingerprint density at radius 1 is 0.912 bits per heavy atom. The number of methoxy groups -OCH3 is 1. The summed E-state index contributed by atoms with van der Waals surface area (Å²) in [6.07, 6.45) is 8.98. The number of carbonyl (C=O) groups is 1. The van der Waals surface area contributed by atoms with Crippen molar-refractivity contribution >= 4 is 23.2 Å². The average Bonchev–Trinajstić information content (AvgIpc) is 2.84. The lowest BCUT2D eigenvalue weighted by Gasteiger charge is -2.55. The molecule has 3 aromatic rings. The van der Waals surface area contributed by atoms with Crippen LogP contribution >= 0.6 is 0 Å². The van der Waals surface area contributed by atoms with E-state index in [0.717, 1.165) is 65.4 Å². The molecule has 0 atom stereocenters. The maximum Gasteiger partial charge on any atom is 0.230 e. The number of amides is 1. The van der Waals surface area contributed by atoms with E-state index < -0.39 is 0 Å². The predicted octanol–water partition coefficient (Wildman–Crippen LogP) is 6.05. The Hall–Kier alpha value is -3.41. The number of rotatable bonds is 6. The Morgan fingerprint density at radius 2 is 1.56 bits per heavy atom. The number of anilines is 3. The zero-order valence-corrected chi connectivity index (χ0v) is 19.5. The third-order valence-electron chi connectivity index (χ3n) is 7.96. The second kappa shape index (κ2) is 8.42. The van der Waals surface area contributed by atoms with Gasteiger partial charge in [0.15, 0.2) is 0 Å². The largest absolute Gasteiger partial charge is 0.496 e. The van der Waals surface area contributed by atoms with Gasteiger partial charge >= 0.3 is 0 Å². The van der Waals surface area contributed by atoms with E-state index in [1.165, 1.54) is 19.3 Å². The zero-order chi connectivity index (χ0) is 23.1. The molecule has 6 heteroatoms. The van der Waals surface area contributed by atoms with E-state index in [1.807, 2.05) is 54.6 Å². The summed E-state index contributed by atoms with van der Waals surface area (Å²) in [5, 5.41) is 6.49. The first-order valence-electron chi connectivity index (χ1n) is 12.3. The van der Waals surface area contributed by atoms with Gasteiger partial charge in [0, 0.05) is 23.1 Å². The van der Waals surface area contributed by atoms with Crippen LogP contribution in [-0.4, -0.2) is 23.0 Å². The van der Waals surface area contributed by atoms with E-state index in [0.29, 0.717) is 5.95 Å². The number of carbonyl (C=O) groups excluding carboxylic acids is 1. The minimum atomic E-state index is -0.140. The van der Waals surface area contributed by atoms with Crippen LogP contribution in [-0.2, 0) is 4.79 Å². The van der Waals surface area contributed by atoms with Crippen LogP contribution in [0.15, 0.2) is 60.8 Å². The second-order valence-electron chi connectivity index (χ2n) is 10.3. The molecular formula is C28H30N4O2. The lowest BCUT2D eigenvalue weighted by Crippen LogP contribution is -2.51. The molecular weight excluding hydrogens is 424 g/mol. The van der Waals surface area contributed by atoms with Crippen molar-refractivity contribution in [3.05, 3.63) is 60.8 Å². The molecule has 1 amide bonds. The highest BCUT2D eigenvalue weighted by Gasteiger charge is 2.54. The highest BCUT2D eigenvalue weighted by atomic mass is 16.5. The average molecular weight is 455 g/mol. The Kier molecular flexibility index (Phi) is 5.24. The molecule has 0 radical (unpaired) electrons. The van der Waals surface area contributed by atoms with Crippen molar-refractivity contribution in [2.24, 2.45) is 23.2 Å². The van der Waals surface area contributed by atoms with Crippen LogP contribution < -0.4 is 15.4 Å². The molecule has 0 aliphatic heterocycles. The van der Waals surface area contributed by atoms with Crippen molar-refractivity contribution in [1.29, 1.82) is 0 Å². The van der Waals surface area contributed by atoms with Gasteiger partial charge in [0.1, 0.15) is 5.75 Å². The SMILES string of the molecule is COc1ccccc1-c1ccnc(Nc2ccc(NC(=O)C34CC5CC(CC(C5)C3)C4)cc2)n1. The van der Waals surface area contributed by atoms with Crippen LogP contribution in [0.25, 0.3) is 11.3 Å². The molecule has 6 nitrogen and oxygen atoms in total. The molecule has 1 aromatic heterocycles. The first kappa shape index (κ1) is 21.1. The Morgan fingerprint density at radius 3 is 2.24 bits per heavy atom. The Bertz CT molecular complexity index is 1170. The molecule has 2 N–H and O–H groups in total. The van der Waals surface area contributed by atoms with Gasteiger partial charge in [-0.3, -0.25) is 4.79 Å². The molecule has 7 rings (SSSR count). The lowest BCUT2D eigenvalue weighted by atomic mass is 9.49. The molecule has 174 valence electrons. The number of para-hydroxylation sites is 1. The number of aromatic nitrogens is 2. The number of nitrogens with one attached hydrogen (secondary N) is 2. The van der Waals surface area contributed by atoms with Gasteiger partial charge in [0.05, 0.1) is 18.2 Å². The summed E-state index contributed by atoms with van der Waals surface area (Å²) >= 11 is 0. The first-order valence-corrected chi connectivity index (χ1v) is 12.3. The van der Waals surface area contributed by atoms with Gasteiger partial charge in [-0.15, -0.1) is 0 Å². The fourth-order valence-corrected chi connectivity index (χ4v) is 6.84. The molecule has 4 saturated carbocycles. The summed E-state index contributed by atoms with van der Waals surface area (Å²) in [6.45, 7) is 0. The normalized spacial score (nSPS) is 26.8. The molecule has 4 aliphatic carbocycles. The number of benzene rings is 2. The minimum Gasteiger partial charge on any atom is -0.496 e. The molecule has 0 spiro atoms. The van der Waals surface area contributed by atoms with Crippen LogP contribution in [0, 0.1) is 23.2 Å². The minimum absolute atomic E-state index is 0.140. The van der Waals surface area contributed by atoms with Gasteiger partial charge in [-0.25, -0.2) is 9.97 Å². The van der Waals surface area contributed by atoms with Gasteiger partial charge in [0.2, 0.25) is 11.9 Å². The van der Waals surface area contributed by atoms with Crippen molar-refractivity contribution in [2.45, 2.75) is 38.5 Å². The molecule has 0 unspecified atom stereocenters. The quantitative estimate of drug-likeness (QED) is 0.474. The van der Waals surface area contributed by atoms with Crippen molar-refractivity contribution in [1.82, 2.24) is 9.97 Å². The standard InChI is InChI=1S/C28H30N4O2/c1-34-25-5-3-2-4-23(25)24-10-11-29-27(32-24)31-22-8-6-21(7-9-22)30-26(33)28-15-18-12-19(16-28)14-20(13-18)17-28/h2-11,18-20H,12-17H2,1H3,(H,30,33)(H,29,31,32). The summed E-state index contributed by atoms with van der Waals surface area (Å²) in [5.74, 6) is 3.78. The van der Waals surface area contributed by atoms with E-state index in [-0.39, 0.29) is 11.3 Å². The first-order chi connectivity index (χ1) is 16.6. The molecule has 0 saturated heterocycles. The van der Waals surface area contributed by atoms with E-state index in [4.69, 9.17) is 4.74 Å². The van der Waals surface area contributed by atoms with Crippen molar-refractivity contribution in [3.63, 3.8) is 0 Å². The van der Waals surface area contributed by atoms with E-state index in [1.54, 1.807) is 13.3 Å². The fourth-order valence-electron chi connectivity index (χ4n) is 6.84. The van der Waals surface area contributed by atoms with Crippen LogP contribution in [0.1, 0.15) is 38.5 Å². The molecule has 1 heterocycles. The number of nitrogens with zero attached hydrogens (tertiary/aromatic N) is 2.